The fourth-order valence-corrected chi connectivity index (χ4v) is 16.3. The zero-order valence-electron chi connectivity index (χ0n) is 42.8. The number of benzene rings is 4. The lowest BCUT2D eigenvalue weighted by molar-refractivity contribution is -0.230. The first-order chi connectivity index (χ1) is 33.5. The second-order valence-corrected chi connectivity index (χ2v) is 25.2. The van der Waals surface area contributed by atoms with E-state index in [1.165, 1.54) is 40.5 Å². The van der Waals surface area contributed by atoms with E-state index in [0.29, 0.717) is 30.9 Å². The summed E-state index contributed by atoms with van der Waals surface area (Å²) in [7, 11) is 0. The van der Waals surface area contributed by atoms with Crippen molar-refractivity contribution in [2.24, 2.45) is 0 Å². The van der Waals surface area contributed by atoms with E-state index in [4.69, 9.17) is 28.4 Å². The Balaban J connectivity index is 1.68. The van der Waals surface area contributed by atoms with E-state index >= 15 is 0 Å². The van der Waals surface area contributed by atoms with Crippen LogP contribution < -0.4 is 9.47 Å². The van der Waals surface area contributed by atoms with Gasteiger partial charge < -0.3 is 28.4 Å². The second kappa shape index (κ2) is 28.3. The van der Waals surface area contributed by atoms with Crippen LogP contribution in [0, 0.1) is 27.7 Å². The minimum Gasteiger partial charge on any atom is -0.486 e. The third kappa shape index (κ3) is 15.1. The van der Waals surface area contributed by atoms with Crippen LogP contribution >= 0.6 is 134 Å². The lowest BCUT2D eigenvalue weighted by Crippen LogP contribution is -2.41. The lowest BCUT2D eigenvalue weighted by atomic mass is 9.76. The van der Waals surface area contributed by atoms with Gasteiger partial charge in [-0.2, -0.15) is 0 Å². The molecule has 4 rings (SSSR count). The molecule has 0 aliphatic heterocycles. The lowest BCUT2D eigenvalue weighted by Gasteiger charge is -2.35. The van der Waals surface area contributed by atoms with E-state index in [2.05, 4.69) is 153 Å². The summed E-state index contributed by atoms with van der Waals surface area (Å²) < 4.78 is 41.2. The summed E-state index contributed by atoms with van der Waals surface area (Å²) in [6, 6.07) is 8.84. The molecule has 0 radical (unpaired) electrons. The van der Waals surface area contributed by atoms with Gasteiger partial charge in [-0.1, -0.05) is 90.7 Å². The number of thioether (sulfide) groups is 6. The standard InChI is InChI=1S/C53H64Br4O8S6/c1-17-41(58)63-32(7)51(60-21-19-35-37(68-13)23-33(66-11)24-38(35)69-14)64-50-30(5)47(56)44(48(57)31(50)6)52(8,9)43-45(54)28(3)49(29(4)46(43)55)61-27-53(10,65-42(59)18-2)62-22-20-36-39(70-15)25-34(67-12)26-40(36)71-16/h17-18,23-26,32,51H,1-2,19-22,27H2,3-16H3. The molecule has 0 saturated heterocycles. The van der Waals surface area contributed by atoms with Crippen LogP contribution in [0.25, 0.3) is 0 Å². The Labute approximate surface area is 481 Å². The third-order valence-electron chi connectivity index (χ3n) is 11.9. The molecule has 3 atom stereocenters. The molecule has 0 bridgehead atoms. The van der Waals surface area contributed by atoms with Crippen molar-refractivity contribution in [2.45, 2.75) is 121 Å². The Hall–Kier alpha value is -1.16. The summed E-state index contributed by atoms with van der Waals surface area (Å²) in [6.45, 7) is 23.6. The zero-order chi connectivity index (χ0) is 53.1. The summed E-state index contributed by atoms with van der Waals surface area (Å²) >= 11 is 26.3. The molecule has 0 aromatic heterocycles. The molecule has 4 aromatic carbocycles. The van der Waals surface area contributed by atoms with Crippen molar-refractivity contribution < 1.29 is 38.0 Å². The van der Waals surface area contributed by atoms with Crippen molar-refractivity contribution in [3.8, 4) is 11.5 Å². The Bertz CT molecular complexity index is 2500. The highest BCUT2D eigenvalue weighted by atomic mass is 79.9. The van der Waals surface area contributed by atoms with Crippen molar-refractivity contribution in [1.82, 2.24) is 0 Å². The maximum atomic E-state index is 12.7. The van der Waals surface area contributed by atoms with Gasteiger partial charge in [-0.25, -0.2) is 9.59 Å². The van der Waals surface area contributed by atoms with Crippen LogP contribution in [0.4, 0.5) is 0 Å². The molecule has 0 aliphatic carbocycles. The van der Waals surface area contributed by atoms with Gasteiger partial charge in [-0.15, -0.1) is 70.6 Å². The highest BCUT2D eigenvalue weighted by Gasteiger charge is 2.38. The Morgan fingerprint density at radius 1 is 0.620 bits per heavy atom. The molecule has 0 amide bonds. The quantitative estimate of drug-likeness (QED) is 0.0259. The number of carbonyl (C=O) groups is 2. The van der Waals surface area contributed by atoms with E-state index in [1.54, 1.807) is 84.4 Å². The first-order valence-electron chi connectivity index (χ1n) is 22.3. The van der Waals surface area contributed by atoms with Gasteiger partial charge in [0.1, 0.15) is 11.5 Å². The zero-order valence-corrected chi connectivity index (χ0v) is 54.0. The molecule has 4 aromatic rings. The van der Waals surface area contributed by atoms with E-state index in [9.17, 15) is 9.59 Å². The normalized spacial score (nSPS) is 13.3. The molecule has 3 unspecified atom stereocenters. The van der Waals surface area contributed by atoms with E-state index in [-0.39, 0.29) is 13.2 Å². The summed E-state index contributed by atoms with van der Waals surface area (Å²) in [5, 5.41) is 0. The van der Waals surface area contributed by atoms with E-state index in [1.807, 2.05) is 27.7 Å². The topological polar surface area (TPSA) is 89.5 Å². The molecule has 0 spiro atoms. The molecule has 0 heterocycles. The number of halogens is 4. The Morgan fingerprint density at radius 3 is 1.39 bits per heavy atom. The summed E-state index contributed by atoms with van der Waals surface area (Å²) in [4.78, 5) is 32.4. The number of carbonyl (C=O) groups excluding carboxylic acids is 2. The Kier molecular flexibility index (Phi) is 24.8. The number of hydrogen-bond donors (Lipinski definition) is 0. The third-order valence-corrected chi connectivity index (χ3v) is 20.5. The SMILES string of the molecule is C=CC(=O)OC(C)C(OCCc1c(SC)cc(SC)cc1SC)Oc1c(C)c(Br)c(C(C)(C)c2c(Br)c(C)c(OCC(C)(OCCc3c(SC)cc(SC)cc3SC)OC(=O)C=C)c(C)c2Br)c(Br)c1C. The minimum absolute atomic E-state index is 0.0812. The van der Waals surface area contributed by atoms with Crippen LogP contribution in [0.5, 0.6) is 11.5 Å². The highest BCUT2D eigenvalue weighted by Crippen LogP contribution is 2.53. The van der Waals surface area contributed by atoms with E-state index in [0.717, 1.165) is 63.4 Å². The molecule has 71 heavy (non-hydrogen) atoms. The monoisotopic (exact) mass is 1340 g/mol. The van der Waals surface area contributed by atoms with E-state index < -0.39 is 35.5 Å². The number of rotatable bonds is 26. The molecular weight excluding hydrogens is 1280 g/mol. The minimum atomic E-state index is -1.43. The summed E-state index contributed by atoms with van der Waals surface area (Å²) in [5.74, 6) is -1.41. The van der Waals surface area contributed by atoms with Gasteiger partial charge >= 0.3 is 11.9 Å². The number of ether oxygens (including phenoxy) is 6. The van der Waals surface area contributed by atoms with Crippen molar-refractivity contribution in [3.63, 3.8) is 0 Å². The van der Waals surface area contributed by atoms with Gasteiger partial charge in [0.15, 0.2) is 12.7 Å². The molecule has 388 valence electrons. The van der Waals surface area contributed by atoms with Gasteiger partial charge in [-0.05, 0) is 132 Å². The first-order valence-corrected chi connectivity index (χ1v) is 32.8. The van der Waals surface area contributed by atoms with Crippen LogP contribution in [0.15, 0.2) is 96.8 Å². The van der Waals surface area contributed by atoms with Crippen LogP contribution in [-0.2, 0) is 46.8 Å². The molecule has 18 heteroatoms. The van der Waals surface area contributed by atoms with Crippen LogP contribution in [-0.4, -0.2) is 87.5 Å². The maximum absolute atomic E-state index is 12.7. The smallest absolute Gasteiger partial charge is 0.332 e. The molecule has 8 nitrogen and oxygen atoms in total. The second-order valence-electron chi connectivity index (χ2n) is 16.9. The van der Waals surface area contributed by atoms with Crippen LogP contribution in [0.2, 0.25) is 0 Å². The highest BCUT2D eigenvalue weighted by molar-refractivity contribution is 9.11. The number of hydrogen-bond acceptors (Lipinski definition) is 14. The van der Waals surface area contributed by atoms with Gasteiger partial charge in [0.2, 0.25) is 12.1 Å². The van der Waals surface area contributed by atoms with Crippen molar-refractivity contribution in [2.75, 3.05) is 57.4 Å². The summed E-state index contributed by atoms with van der Waals surface area (Å²) in [6.07, 6.45) is 14.3. The molecule has 0 saturated carbocycles. The molecule has 0 N–H and O–H groups in total. The largest absolute Gasteiger partial charge is 0.486 e. The average Bonchev–Trinajstić information content (AvgIpc) is 3.35. The molecule has 0 aliphatic rings. The van der Waals surface area contributed by atoms with Crippen LogP contribution in [0.1, 0.15) is 72.2 Å². The van der Waals surface area contributed by atoms with Gasteiger partial charge in [-0.3, -0.25) is 0 Å². The first kappa shape index (κ1) is 62.4. The van der Waals surface area contributed by atoms with Gasteiger partial charge in [0.05, 0.1) is 13.2 Å². The predicted molar refractivity (Wildman–Crippen MR) is 318 cm³/mol. The average molecular weight is 1340 g/mol. The molecule has 0 fully saturated rings. The molecular formula is C53H64Br4O8S6. The maximum Gasteiger partial charge on any atom is 0.332 e. The Morgan fingerprint density at radius 2 is 1.01 bits per heavy atom. The number of esters is 2. The van der Waals surface area contributed by atoms with Crippen molar-refractivity contribution in [1.29, 1.82) is 0 Å². The van der Waals surface area contributed by atoms with Crippen molar-refractivity contribution >= 4 is 146 Å². The van der Waals surface area contributed by atoms with Crippen molar-refractivity contribution in [3.05, 3.63) is 112 Å². The predicted octanol–water partition coefficient (Wildman–Crippen LogP) is 16.8. The van der Waals surface area contributed by atoms with Gasteiger partial charge in [0, 0.05) is 94.0 Å². The fraction of sp³-hybridized carbons (Fsp3) is 0.434. The fourth-order valence-electron chi connectivity index (χ4n) is 8.04. The summed E-state index contributed by atoms with van der Waals surface area (Å²) in [5.41, 5.74) is 7.11. The van der Waals surface area contributed by atoms with Crippen LogP contribution in [0.3, 0.4) is 0 Å². The van der Waals surface area contributed by atoms with Gasteiger partial charge in [0.25, 0.3) is 0 Å².